The van der Waals surface area contributed by atoms with Crippen LogP contribution in [0.3, 0.4) is 0 Å². The van der Waals surface area contributed by atoms with E-state index < -0.39 is 0 Å². The number of hydrogen-bond donors (Lipinski definition) is 2. The average molecular weight is 292 g/mol. The first-order chi connectivity index (χ1) is 10.2. The summed E-state index contributed by atoms with van der Waals surface area (Å²) in [5.74, 6) is 3.38. The number of nitrogens with one attached hydrogen (secondary N) is 2. The van der Waals surface area contributed by atoms with Gasteiger partial charge in [0.25, 0.3) is 0 Å². The van der Waals surface area contributed by atoms with Crippen molar-refractivity contribution < 1.29 is 0 Å². The summed E-state index contributed by atoms with van der Waals surface area (Å²) in [7, 11) is 1.89. The fourth-order valence-corrected chi connectivity index (χ4v) is 2.94. The van der Waals surface area contributed by atoms with E-state index >= 15 is 0 Å². The summed E-state index contributed by atoms with van der Waals surface area (Å²) >= 11 is 0. The Labute approximate surface area is 127 Å². The van der Waals surface area contributed by atoms with Crippen molar-refractivity contribution in [2.75, 3.05) is 13.1 Å². The van der Waals surface area contributed by atoms with Crippen LogP contribution in [-0.2, 0) is 13.6 Å². The second-order valence-electron chi connectivity index (χ2n) is 6.01. The topological polar surface area (TPSA) is 67.1 Å². The van der Waals surface area contributed by atoms with Gasteiger partial charge in [0.2, 0.25) is 0 Å². The summed E-state index contributed by atoms with van der Waals surface area (Å²) in [6, 6.07) is 0. The SMILES string of the molecule is CCNC(=NCc1ncnn1C)NCC1CCCC(C)C1. The Kier molecular flexibility index (Phi) is 6.02. The second-order valence-corrected chi connectivity index (χ2v) is 6.01. The number of aryl methyl sites for hydroxylation is 1. The molecule has 0 spiro atoms. The van der Waals surface area contributed by atoms with E-state index in [2.05, 4.69) is 39.6 Å². The third-order valence-corrected chi connectivity index (χ3v) is 4.13. The van der Waals surface area contributed by atoms with E-state index in [1.54, 1.807) is 11.0 Å². The number of nitrogens with zero attached hydrogens (tertiary/aromatic N) is 4. The second kappa shape index (κ2) is 8.00. The van der Waals surface area contributed by atoms with Crippen molar-refractivity contribution in [3.05, 3.63) is 12.2 Å². The molecule has 2 atom stereocenters. The number of hydrogen-bond acceptors (Lipinski definition) is 3. The van der Waals surface area contributed by atoms with Crippen LogP contribution >= 0.6 is 0 Å². The molecular formula is C15H28N6. The maximum absolute atomic E-state index is 4.59. The molecule has 1 saturated carbocycles. The fourth-order valence-electron chi connectivity index (χ4n) is 2.94. The van der Waals surface area contributed by atoms with Crippen molar-refractivity contribution in [1.82, 2.24) is 25.4 Å². The maximum atomic E-state index is 4.59. The number of guanidine groups is 1. The Morgan fingerprint density at radius 2 is 2.29 bits per heavy atom. The van der Waals surface area contributed by atoms with Gasteiger partial charge in [-0.2, -0.15) is 5.10 Å². The van der Waals surface area contributed by atoms with Crippen molar-refractivity contribution in [3.8, 4) is 0 Å². The molecule has 2 N–H and O–H groups in total. The highest BCUT2D eigenvalue weighted by Gasteiger charge is 2.18. The maximum Gasteiger partial charge on any atom is 0.191 e. The van der Waals surface area contributed by atoms with Crippen LogP contribution < -0.4 is 10.6 Å². The van der Waals surface area contributed by atoms with Gasteiger partial charge in [0, 0.05) is 20.1 Å². The van der Waals surface area contributed by atoms with Gasteiger partial charge in [-0.05, 0) is 31.6 Å². The molecule has 0 aromatic carbocycles. The molecule has 2 unspecified atom stereocenters. The van der Waals surface area contributed by atoms with Gasteiger partial charge < -0.3 is 10.6 Å². The summed E-state index contributed by atoms with van der Waals surface area (Å²) in [6.07, 6.45) is 6.97. The Morgan fingerprint density at radius 3 is 2.95 bits per heavy atom. The summed E-state index contributed by atoms with van der Waals surface area (Å²) in [6.45, 7) is 6.87. The van der Waals surface area contributed by atoms with Gasteiger partial charge in [-0.1, -0.05) is 19.8 Å². The van der Waals surface area contributed by atoms with Crippen LogP contribution in [0, 0.1) is 11.8 Å². The summed E-state index contributed by atoms with van der Waals surface area (Å²) in [5.41, 5.74) is 0. The molecule has 1 aliphatic carbocycles. The molecule has 1 aromatic rings. The molecule has 21 heavy (non-hydrogen) atoms. The quantitative estimate of drug-likeness (QED) is 0.640. The first-order valence-corrected chi connectivity index (χ1v) is 8.04. The van der Waals surface area contributed by atoms with Crippen LogP contribution in [0.15, 0.2) is 11.3 Å². The van der Waals surface area contributed by atoms with Crippen LogP contribution in [0.2, 0.25) is 0 Å². The lowest BCUT2D eigenvalue weighted by Crippen LogP contribution is -2.40. The normalized spacial score (nSPS) is 23.1. The lowest BCUT2D eigenvalue weighted by Gasteiger charge is -2.27. The molecule has 2 rings (SSSR count). The van der Waals surface area contributed by atoms with E-state index in [0.29, 0.717) is 6.54 Å². The minimum atomic E-state index is 0.549. The van der Waals surface area contributed by atoms with Crippen LogP contribution in [0.5, 0.6) is 0 Å². The van der Waals surface area contributed by atoms with Crippen LogP contribution in [0.4, 0.5) is 0 Å². The van der Waals surface area contributed by atoms with E-state index in [1.807, 2.05) is 7.05 Å². The molecule has 0 radical (unpaired) electrons. The standard InChI is InChI=1S/C15H28N6/c1-4-16-15(18-10-14-19-11-20-21(14)3)17-9-13-7-5-6-12(2)8-13/h11-13H,4-10H2,1-3H3,(H2,16,17,18). The zero-order chi connectivity index (χ0) is 15.1. The van der Waals surface area contributed by atoms with E-state index in [4.69, 9.17) is 0 Å². The fraction of sp³-hybridized carbons (Fsp3) is 0.800. The van der Waals surface area contributed by atoms with Crippen molar-refractivity contribution >= 4 is 5.96 Å². The predicted molar refractivity (Wildman–Crippen MR) is 84.9 cm³/mol. The molecule has 0 amide bonds. The highest BCUT2D eigenvalue weighted by molar-refractivity contribution is 5.79. The lowest BCUT2D eigenvalue weighted by molar-refractivity contribution is 0.282. The van der Waals surface area contributed by atoms with Gasteiger partial charge in [-0.3, -0.25) is 4.68 Å². The average Bonchev–Trinajstić information content (AvgIpc) is 2.87. The van der Waals surface area contributed by atoms with Crippen LogP contribution in [0.25, 0.3) is 0 Å². The van der Waals surface area contributed by atoms with E-state index in [1.165, 1.54) is 25.7 Å². The van der Waals surface area contributed by atoms with Gasteiger partial charge in [-0.25, -0.2) is 9.98 Å². The Hall–Kier alpha value is -1.59. The minimum Gasteiger partial charge on any atom is -0.357 e. The van der Waals surface area contributed by atoms with Gasteiger partial charge in [0.15, 0.2) is 5.96 Å². The monoisotopic (exact) mass is 292 g/mol. The van der Waals surface area contributed by atoms with Gasteiger partial charge in [0.1, 0.15) is 18.7 Å². The molecular weight excluding hydrogens is 264 g/mol. The van der Waals surface area contributed by atoms with Crippen molar-refractivity contribution in [2.45, 2.75) is 46.1 Å². The molecule has 0 bridgehead atoms. The lowest BCUT2D eigenvalue weighted by atomic mass is 9.82. The summed E-state index contributed by atoms with van der Waals surface area (Å²) in [5, 5.41) is 10.8. The molecule has 6 nitrogen and oxygen atoms in total. The van der Waals surface area contributed by atoms with Crippen molar-refractivity contribution in [1.29, 1.82) is 0 Å². The molecule has 1 aliphatic rings. The third-order valence-electron chi connectivity index (χ3n) is 4.13. The van der Waals surface area contributed by atoms with E-state index in [9.17, 15) is 0 Å². The first-order valence-electron chi connectivity index (χ1n) is 8.04. The zero-order valence-corrected chi connectivity index (χ0v) is 13.5. The predicted octanol–water partition coefficient (Wildman–Crippen LogP) is 1.70. The van der Waals surface area contributed by atoms with Gasteiger partial charge >= 0.3 is 0 Å². The third kappa shape index (κ3) is 5.02. The first kappa shape index (κ1) is 15.8. The van der Waals surface area contributed by atoms with E-state index in [-0.39, 0.29) is 0 Å². The highest BCUT2D eigenvalue weighted by Crippen LogP contribution is 2.27. The summed E-state index contributed by atoms with van der Waals surface area (Å²) in [4.78, 5) is 8.79. The van der Waals surface area contributed by atoms with Crippen molar-refractivity contribution in [3.63, 3.8) is 0 Å². The summed E-state index contributed by atoms with van der Waals surface area (Å²) < 4.78 is 1.76. The molecule has 1 fully saturated rings. The molecule has 0 aliphatic heterocycles. The van der Waals surface area contributed by atoms with Gasteiger partial charge in [0.05, 0.1) is 0 Å². The van der Waals surface area contributed by atoms with Crippen LogP contribution in [-0.4, -0.2) is 33.8 Å². The molecule has 6 heteroatoms. The molecule has 0 saturated heterocycles. The molecule has 1 aromatic heterocycles. The van der Waals surface area contributed by atoms with Gasteiger partial charge in [-0.15, -0.1) is 0 Å². The molecule has 118 valence electrons. The van der Waals surface area contributed by atoms with Crippen molar-refractivity contribution in [2.24, 2.45) is 23.9 Å². The van der Waals surface area contributed by atoms with E-state index in [0.717, 1.165) is 36.7 Å². The van der Waals surface area contributed by atoms with Crippen LogP contribution in [0.1, 0.15) is 45.4 Å². The number of rotatable bonds is 5. The molecule has 1 heterocycles. The smallest absolute Gasteiger partial charge is 0.191 e. The number of aromatic nitrogens is 3. The largest absolute Gasteiger partial charge is 0.357 e. The Balaban J connectivity index is 1.84. The number of aliphatic imine (C=N–C) groups is 1. The highest BCUT2D eigenvalue weighted by atomic mass is 15.3. The Morgan fingerprint density at radius 1 is 1.43 bits per heavy atom. The zero-order valence-electron chi connectivity index (χ0n) is 13.5. The Bertz CT molecular complexity index is 453. The minimum absolute atomic E-state index is 0.549.